The first-order valence-electron chi connectivity index (χ1n) is 7.04. The number of hydrogen-bond acceptors (Lipinski definition) is 3. The normalized spacial score (nSPS) is 23.1. The second-order valence-electron chi connectivity index (χ2n) is 5.57. The zero-order valence-corrected chi connectivity index (χ0v) is 12.1. The van der Waals surface area contributed by atoms with Crippen molar-refractivity contribution < 1.29 is 22.4 Å². The number of carbonyl (C=O) groups is 1. The summed E-state index contributed by atoms with van der Waals surface area (Å²) in [4.78, 5) is 16.1. The highest BCUT2D eigenvalue weighted by Gasteiger charge is 2.43. The van der Waals surface area contributed by atoms with Gasteiger partial charge in [-0.1, -0.05) is 6.42 Å². The van der Waals surface area contributed by atoms with Crippen molar-refractivity contribution in [2.45, 2.75) is 52.3 Å². The molecule has 0 aliphatic heterocycles. The van der Waals surface area contributed by atoms with Gasteiger partial charge in [-0.25, -0.2) is 4.98 Å². The summed E-state index contributed by atoms with van der Waals surface area (Å²) < 4.78 is 43.5. The summed E-state index contributed by atoms with van der Waals surface area (Å²) in [6, 6.07) is 0. The van der Waals surface area contributed by atoms with Crippen LogP contribution in [0.4, 0.5) is 13.2 Å². The van der Waals surface area contributed by atoms with Crippen molar-refractivity contribution in [3.8, 4) is 0 Å². The average molecular weight is 304 g/mol. The Morgan fingerprint density at radius 1 is 1.38 bits per heavy atom. The quantitative estimate of drug-likeness (QED) is 0.932. The Balaban J connectivity index is 1.88. The summed E-state index contributed by atoms with van der Waals surface area (Å²) in [5.74, 6) is -1.25. The number of aromatic nitrogens is 1. The van der Waals surface area contributed by atoms with Gasteiger partial charge in [0.05, 0.1) is 18.2 Å². The van der Waals surface area contributed by atoms with Crippen molar-refractivity contribution in [3.05, 3.63) is 17.3 Å². The SMILES string of the molecule is Cc1nc(CNC(=O)C2CCCC(C(F)(F)F)C2)oc1C. The summed E-state index contributed by atoms with van der Waals surface area (Å²) in [5.41, 5.74) is 0.744. The molecule has 2 atom stereocenters. The molecule has 1 N–H and O–H groups in total. The van der Waals surface area contributed by atoms with Gasteiger partial charge in [0.2, 0.25) is 11.8 Å². The van der Waals surface area contributed by atoms with Crippen molar-refractivity contribution in [1.29, 1.82) is 0 Å². The van der Waals surface area contributed by atoms with Gasteiger partial charge in [0.1, 0.15) is 5.76 Å². The van der Waals surface area contributed by atoms with Crippen LogP contribution in [0.25, 0.3) is 0 Å². The zero-order valence-electron chi connectivity index (χ0n) is 12.1. The van der Waals surface area contributed by atoms with E-state index in [-0.39, 0.29) is 25.3 Å². The van der Waals surface area contributed by atoms with E-state index in [1.807, 2.05) is 0 Å². The minimum atomic E-state index is -4.21. The molecule has 0 spiro atoms. The zero-order chi connectivity index (χ0) is 15.6. The number of rotatable bonds is 3. The summed E-state index contributed by atoms with van der Waals surface area (Å²) >= 11 is 0. The number of nitrogens with one attached hydrogen (secondary N) is 1. The topological polar surface area (TPSA) is 55.1 Å². The number of amides is 1. The number of carbonyl (C=O) groups excluding carboxylic acids is 1. The van der Waals surface area contributed by atoms with Crippen LogP contribution in [0.3, 0.4) is 0 Å². The molecule has 0 radical (unpaired) electrons. The van der Waals surface area contributed by atoms with E-state index in [9.17, 15) is 18.0 Å². The standard InChI is InChI=1S/C14H19F3N2O2/c1-8-9(2)21-12(19-8)7-18-13(20)10-4-3-5-11(6-10)14(15,16)17/h10-11H,3-7H2,1-2H3,(H,18,20). The van der Waals surface area contributed by atoms with Gasteiger partial charge in [0, 0.05) is 5.92 Å². The molecule has 2 unspecified atom stereocenters. The lowest BCUT2D eigenvalue weighted by atomic mass is 9.80. The van der Waals surface area contributed by atoms with Crippen molar-refractivity contribution in [2.24, 2.45) is 11.8 Å². The molecule has 4 nitrogen and oxygen atoms in total. The molecule has 7 heteroatoms. The third kappa shape index (κ3) is 3.98. The lowest BCUT2D eigenvalue weighted by Crippen LogP contribution is -2.37. The molecule has 1 aromatic heterocycles. The molecule has 0 saturated heterocycles. The predicted octanol–water partition coefficient (Wildman–Crippen LogP) is 3.28. The maximum Gasteiger partial charge on any atom is 0.391 e. The molecular formula is C14H19F3N2O2. The molecule has 0 aromatic carbocycles. The van der Waals surface area contributed by atoms with Gasteiger partial charge >= 0.3 is 6.18 Å². The van der Waals surface area contributed by atoms with Crippen molar-refractivity contribution in [2.75, 3.05) is 0 Å². The highest BCUT2D eigenvalue weighted by molar-refractivity contribution is 5.78. The van der Waals surface area contributed by atoms with Crippen LogP contribution < -0.4 is 5.32 Å². The van der Waals surface area contributed by atoms with Crippen molar-refractivity contribution in [1.82, 2.24) is 10.3 Å². The Hall–Kier alpha value is -1.53. The van der Waals surface area contributed by atoms with Gasteiger partial charge in [0.15, 0.2) is 0 Å². The molecule has 1 amide bonds. The molecule has 21 heavy (non-hydrogen) atoms. The first-order valence-corrected chi connectivity index (χ1v) is 7.04. The Kier molecular flexibility index (Phi) is 4.58. The smallest absolute Gasteiger partial charge is 0.391 e. The molecule has 1 heterocycles. The summed E-state index contributed by atoms with van der Waals surface area (Å²) in [6.07, 6.45) is -3.29. The highest BCUT2D eigenvalue weighted by atomic mass is 19.4. The van der Waals surface area contributed by atoms with Crippen LogP contribution in [0.5, 0.6) is 0 Å². The Morgan fingerprint density at radius 2 is 2.10 bits per heavy atom. The third-order valence-electron chi connectivity index (χ3n) is 3.99. The van der Waals surface area contributed by atoms with Crippen LogP contribution in [0, 0.1) is 25.7 Å². The fourth-order valence-corrected chi connectivity index (χ4v) is 2.65. The van der Waals surface area contributed by atoms with Crippen LogP contribution in [-0.4, -0.2) is 17.1 Å². The van der Waals surface area contributed by atoms with E-state index >= 15 is 0 Å². The van der Waals surface area contributed by atoms with E-state index in [1.54, 1.807) is 13.8 Å². The number of aryl methyl sites for hydroxylation is 2. The van der Waals surface area contributed by atoms with Gasteiger partial charge in [-0.3, -0.25) is 4.79 Å². The van der Waals surface area contributed by atoms with E-state index < -0.39 is 18.0 Å². The first-order chi connectivity index (χ1) is 9.77. The maximum atomic E-state index is 12.7. The van der Waals surface area contributed by atoms with Crippen LogP contribution >= 0.6 is 0 Å². The molecule has 1 saturated carbocycles. The molecule has 2 rings (SSSR count). The fraction of sp³-hybridized carbons (Fsp3) is 0.714. The monoisotopic (exact) mass is 304 g/mol. The van der Waals surface area contributed by atoms with E-state index in [0.717, 1.165) is 5.69 Å². The molecule has 1 aliphatic rings. The van der Waals surface area contributed by atoms with Gasteiger partial charge < -0.3 is 9.73 Å². The molecule has 1 fully saturated rings. The fourth-order valence-electron chi connectivity index (χ4n) is 2.65. The summed E-state index contributed by atoms with van der Waals surface area (Å²) in [7, 11) is 0. The lowest BCUT2D eigenvalue weighted by Gasteiger charge is -2.29. The minimum Gasteiger partial charge on any atom is -0.444 e. The third-order valence-corrected chi connectivity index (χ3v) is 3.99. The minimum absolute atomic E-state index is 0.112. The maximum absolute atomic E-state index is 12.7. The van der Waals surface area contributed by atoms with E-state index in [4.69, 9.17) is 4.42 Å². The van der Waals surface area contributed by atoms with E-state index in [0.29, 0.717) is 24.5 Å². The number of oxazole rings is 1. The number of hydrogen-bond donors (Lipinski definition) is 1. The second-order valence-corrected chi connectivity index (χ2v) is 5.57. The van der Waals surface area contributed by atoms with Crippen LogP contribution in [0.1, 0.15) is 43.0 Å². The largest absolute Gasteiger partial charge is 0.444 e. The van der Waals surface area contributed by atoms with Gasteiger partial charge in [-0.15, -0.1) is 0 Å². The van der Waals surface area contributed by atoms with Crippen molar-refractivity contribution in [3.63, 3.8) is 0 Å². The first kappa shape index (κ1) is 15.9. The number of halogens is 3. The Labute approximate surface area is 121 Å². The second kappa shape index (κ2) is 6.07. The number of nitrogens with zero attached hydrogens (tertiary/aromatic N) is 1. The average Bonchev–Trinajstić information content (AvgIpc) is 2.74. The molecule has 1 aromatic rings. The predicted molar refractivity (Wildman–Crippen MR) is 69.3 cm³/mol. The van der Waals surface area contributed by atoms with Crippen molar-refractivity contribution >= 4 is 5.91 Å². The highest BCUT2D eigenvalue weighted by Crippen LogP contribution is 2.39. The molecular weight excluding hydrogens is 285 g/mol. The summed E-state index contributed by atoms with van der Waals surface area (Å²) in [5, 5.41) is 2.62. The Morgan fingerprint density at radius 3 is 2.67 bits per heavy atom. The van der Waals surface area contributed by atoms with Crippen LogP contribution in [0.2, 0.25) is 0 Å². The number of alkyl halides is 3. The molecule has 1 aliphatic carbocycles. The van der Waals surface area contributed by atoms with Gasteiger partial charge in [-0.2, -0.15) is 13.2 Å². The lowest BCUT2D eigenvalue weighted by molar-refractivity contribution is -0.186. The van der Waals surface area contributed by atoms with E-state index in [1.165, 1.54) is 0 Å². The molecule has 118 valence electrons. The van der Waals surface area contributed by atoms with E-state index in [2.05, 4.69) is 10.3 Å². The summed E-state index contributed by atoms with van der Waals surface area (Å²) in [6.45, 7) is 3.67. The van der Waals surface area contributed by atoms with Crippen LogP contribution in [0.15, 0.2) is 4.42 Å². The van der Waals surface area contributed by atoms with Crippen LogP contribution in [-0.2, 0) is 11.3 Å². The Bertz CT molecular complexity index is 491. The van der Waals surface area contributed by atoms with Gasteiger partial charge in [-0.05, 0) is 33.1 Å². The molecule has 0 bridgehead atoms. The van der Waals surface area contributed by atoms with Gasteiger partial charge in [0.25, 0.3) is 0 Å².